The average molecular weight is 344 g/mol. The lowest BCUT2D eigenvalue weighted by Crippen LogP contribution is -2.06. The molecular weight excluding hydrogens is 326 g/mol. The summed E-state index contributed by atoms with van der Waals surface area (Å²) in [5.41, 5.74) is 12.7. The van der Waals surface area contributed by atoms with Gasteiger partial charge in [0, 0.05) is 22.7 Å². The summed E-state index contributed by atoms with van der Waals surface area (Å²) in [5, 5.41) is 0. The highest BCUT2D eigenvalue weighted by Gasteiger charge is 2.14. The number of hydrogen-bond acceptors (Lipinski definition) is 2. The molecule has 0 aliphatic carbocycles. The maximum absolute atomic E-state index is 5.80. The summed E-state index contributed by atoms with van der Waals surface area (Å²) in [5.74, 6) is 0. The van der Waals surface area contributed by atoms with Crippen molar-refractivity contribution in [1.29, 1.82) is 0 Å². The Hall–Kier alpha value is -1.65. The predicted octanol–water partition coefficient (Wildman–Crippen LogP) is 3.88. The molecule has 0 saturated carbocycles. The van der Waals surface area contributed by atoms with Crippen molar-refractivity contribution in [3.63, 3.8) is 0 Å². The molecule has 0 radical (unpaired) electrons. The van der Waals surface area contributed by atoms with Crippen molar-refractivity contribution >= 4 is 21.6 Å². The van der Waals surface area contributed by atoms with E-state index in [1.807, 2.05) is 12.1 Å². The van der Waals surface area contributed by atoms with E-state index in [9.17, 15) is 0 Å². The summed E-state index contributed by atoms with van der Waals surface area (Å²) >= 11 is 3.52. The smallest absolute Gasteiger partial charge is 0.137 e. The minimum atomic E-state index is 0.609. The molecule has 0 spiro atoms. The minimum Gasteiger partial charge on any atom is -0.330 e. The Labute approximate surface area is 132 Å². The molecule has 0 amide bonds. The molecule has 1 aromatic carbocycles. The van der Waals surface area contributed by atoms with Crippen LogP contribution in [0.25, 0.3) is 16.9 Å². The van der Waals surface area contributed by atoms with Crippen LogP contribution in [0.5, 0.6) is 0 Å². The quantitative estimate of drug-likeness (QED) is 0.784. The first-order chi connectivity index (χ1) is 10.1. The van der Waals surface area contributed by atoms with Gasteiger partial charge in [-0.25, -0.2) is 4.98 Å². The molecule has 108 valence electrons. The third kappa shape index (κ3) is 2.61. The van der Waals surface area contributed by atoms with Gasteiger partial charge in [-0.3, -0.25) is 0 Å². The van der Waals surface area contributed by atoms with Gasteiger partial charge in [-0.1, -0.05) is 12.1 Å². The molecule has 3 rings (SSSR count). The number of nitrogens with two attached hydrogens (primary N) is 1. The van der Waals surface area contributed by atoms with Crippen molar-refractivity contribution in [3.05, 3.63) is 57.8 Å². The van der Waals surface area contributed by atoms with E-state index in [1.165, 1.54) is 11.1 Å². The van der Waals surface area contributed by atoms with Crippen LogP contribution in [-0.2, 0) is 6.42 Å². The molecule has 0 fully saturated rings. The topological polar surface area (TPSA) is 43.3 Å². The van der Waals surface area contributed by atoms with E-state index < -0.39 is 0 Å². The van der Waals surface area contributed by atoms with E-state index in [-0.39, 0.29) is 0 Å². The Balaban J connectivity index is 2.25. The van der Waals surface area contributed by atoms with E-state index >= 15 is 0 Å². The number of halogens is 1. The van der Waals surface area contributed by atoms with Gasteiger partial charge in [0.1, 0.15) is 5.65 Å². The van der Waals surface area contributed by atoms with E-state index in [1.54, 1.807) is 0 Å². The number of benzene rings is 1. The van der Waals surface area contributed by atoms with Crippen LogP contribution in [0, 0.1) is 13.8 Å². The minimum absolute atomic E-state index is 0.609. The molecule has 0 atom stereocenters. The van der Waals surface area contributed by atoms with Gasteiger partial charge < -0.3 is 10.1 Å². The highest BCUT2D eigenvalue weighted by atomic mass is 79.9. The molecule has 2 N–H and O–H groups in total. The number of aryl methyl sites for hydroxylation is 2. The summed E-state index contributed by atoms with van der Waals surface area (Å²) in [4.78, 5) is 4.80. The van der Waals surface area contributed by atoms with Crippen molar-refractivity contribution in [2.75, 3.05) is 6.54 Å². The van der Waals surface area contributed by atoms with Gasteiger partial charge in [-0.2, -0.15) is 0 Å². The maximum atomic E-state index is 5.80. The number of rotatable bonds is 3. The Morgan fingerprint density at radius 1 is 1.14 bits per heavy atom. The van der Waals surface area contributed by atoms with Crippen LogP contribution in [-0.4, -0.2) is 15.9 Å². The number of imidazole rings is 1. The van der Waals surface area contributed by atoms with Crippen molar-refractivity contribution in [1.82, 2.24) is 9.38 Å². The molecule has 21 heavy (non-hydrogen) atoms. The monoisotopic (exact) mass is 343 g/mol. The Morgan fingerprint density at radius 2 is 1.95 bits per heavy atom. The first-order valence-corrected chi connectivity index (χ1v) is 7.83. The average Bonchev–Trinajstić information content (AvgIpc) is 2.81. The number of nitrogens with zero attached hydrogens (tertiary/aromatic N) is 2. The maximum Gasteiger partial charge on any atom is 0.137 e. The molecule has 3 nitrogen and oxygen atoms in total. The number of aromatic nitrogens is 2. The molecule has 0 bridgehead atoms. The second-order valence-electron chi connectivity index (χ2n) is 5.32. The van der Waals surface area contributed by atoms with Gasteiger partial charge >= 0.3 is 0 Å². The third-order valence-corrected chi connectivity index (χ3v) is 4.31. The van der Waals surface area contributed by atoms with Gasteiger partial charge in [0.15, 0.2) is 0 Å². The van der Waals surface area contributed by atoms with Crippen LogP contribution in [0.4, 0.5) is 0 Å². The summed E-state index contributed by atoms with van der Waals surface area (Å²) < 4.78 is 3.17. The van der Waals surface area contributed by atoms with Crippen LogP contribution in [0.15, 0.2) is 41.0 Å². The lowest BCUT2D eigenvalue weighted by atomic mass is 10.0. The van der Waals surface area contributed by atoms with Crippen molar-refractivity contribution in [2.45, 2.75) is 20.3 Å². The standard InChI is InChI=1S/C17H18BrN3/c1-11-3-4-13(9-12(11)2)17-15(7-8-19)21-10-14(18)5-6-16(21)20-17/h3-6,9-10H,7-8,19H2,1-2H3. The van der Waals surface area contributed by atoms with E-state index in [2.05, 4.69) is 58.6 Å². The number of pyridine rings is 1. The number of hydrogen-bond donors (Lipinski definition) is 1. The van der Waals surface area contributed by atoms with E-state index in [0.29, 0.717) is 6.54 Å². The lowest BCUT2D eigenvalue weighted by Gasteiger charge is -2.06. The van der Waals surface area contributed by atoms with Gasteiger partial charge in [0.2, 0.25) is 0 Å². The summed E-state index contributed by atoms with van der Waals surface area (Å²) in [6.45, 7) is 4.87. The first kappa shape index (κ1) is 14.3. The fourth-order valence-electron chi connectivity index (χ4n) is 2.56. The van der Waals surface area contributed by atoms with Gasteiger partial charge in [0.25, 0.3) is 0 Å². The highest BCUT2D eigenvalue weighted by Crippen LogP contribution is 2.27. The van der Waals surface area contributed by atoms with E-state index in [0.717, 1.165) is 33.5 Å². The summed E-state index contributed by atoms with van der Waals surface area (Å²) in [6, 6.07) is 10.5. The fraction of sp³-hybridized carbons (Fsp3) is 0.235. The molecule has 0 aliphatic rings. The Bertz CT molecular complexity index is 805. The van der Waals surface area contributed by atoms with Gasteiger partial charge in [-0.05, 0) is 65.6 Å². The van der Waals surface area contributed by atoms with E-state index in [4.69, 9.17) is 10.7 Å². The van der Waals surface area contributed by atoms with Crippen LogP contribution in [0.1, 0.15) is 16.8 Å². The van der Waals surface area contributed by atoms with Crippen LogP contribution < -0.4 is 5.73 Å². The molecule has 0 unspecified atom stereocenters. The predicted molar refractivity (Wildman–Crippen MR) is 90.6 cm³/mol. The molecule has 0 aliphatic heterocycles. The Morgan fingerprint density at radius 3 is 2.67 bits per heavy atom. The molecule has 2 aromatic heterocycles. The molecule has 3 aromatic rings. The zero-order valence-electron chi connectivity index (χ0n) is 12.2. The van der Waals surface area contributed by atoms with Gasteiger partial charge in [-0.15, -0.1) is 0 Å². The lowest BCUT2D eigenvalue weighted by molar-refractivity contribution is 0.905. The van der Waals surface area contributed by atoms with Crippen molar-refractivity contribution in [2.24, 2.45) is 5.73 Å². The molecule has 2 heterocycles. The molecular formula is C17H18BrN3. The fourth-order valence-corrected chi connectivity index (χ4v) is 2.90. The van der Waals surface area contributed by atoms with Crippen LogP contribution in [0.2, 0.25) is 0 Å². The summed E-state index contributed by atoms with van der Waals surface area (Å²) in [7, 11) is 0. The SMILES string of the molecule is Cc1ccc(-c2nc3ccc(Br)cn3c2CCN)cc1C. The normalized spacial score (nSPS) is 11.2. The van der Waals surface area contributed by atoms with Crippen LogP contribution in [0.3, 0.4) is 0 Å². The summed E-state index contributed by atoms with van der Waals surface area (Å²) in [6.07, 6.45) is 2.86. The van der Waals surface area contributed by atoms with Crippen molar-refractivity contribution < 1.29 is 0 Å². The zero-order chi connectivity index (χ0) is 15.0. The second-order valence-corrected chi connectivity index (χ2v) is 6.24. The highest BCUT2D eigenvalue weighted by molar-refractivity contribution is 9.10. The second kappa shape index (κ2) is 5.62. The largest absolute Gasteiger partial charge is 0.330 e. The Kier molecular flexibility index (Phi) is 3.83. The number of fused-ring (bicyclic) bond motifs is 1. The van der Waals surface area contributed by atoms with Crippen molar-refractivity contribution in [3.8, 4) is 11.3 Å². The first-order valence-electron chi connectivity index (χ1n) is 7.04. The van der Waals surface area contributed by atoms with Gasteiger partial charge in [0.05, 0.1) is 11.4 Å². The zero-order valence-corrected chi connectivity index (χ0v) is 13.8. The van der Waals surface area contributed by atoms with Crippen LogP contribution >= 0.6 is 15.9 Å². The molecule has 4 heteroatoms. The molecule has 0 saturated heterocycles. The third-order valence-electron chi connectivity index (χ3n) is 3.84.